The molecule has 6 nitrogen and oxygen atoms in total. The standard InChI is InChI=1S/C22H28O6/c1-24-18-7-5-14(10-20(18)26-3)9-16-13-28-22(17(16)12-23)15-6-8-19(25-2)21(11-15)27-4/h5-8,10-11,16-17,22-23H,9,12-13H2,1-4H3/t16-,17-,22+/m0/s1. The fraction of sp³-hybridized carbons (Fsp3) is 0.455. The second-order valence-electron chi connectivity index (χ2n) is 6.87. The van der Waals surface area contributed by atoms with Crippen molar-refractivity contribution in [3.05, 3.63) is 47.5 Å². The fourth-order valence-corrected chi connectivity index (χ4v) is 3.86. The summed E-state index contributed by atoms with van der Waals surface area (Å²) >= 11 is 0. The summed E-state index contributed by atoms with van der Waals surface area (Å²) in [6, 6.07) is 11.7. The lowest BCUT2D eigenvalue weighted by Gasteiger charge is -2.22. The van der Waals surface area contributed by atoms with Crippen LogP contribution in [0, 0.1) is 11.8 Å². The molecule has 3 atom stereocenters. The SMILES string of the molecule is COc1ccc(C[C@H]2CO[C@H](c3ccc(OC)c(OC)c3)[C@H]2CO)cc1OC. The van der Waals surface area contributed by atoms with Gasteiger partial charge >= 0.3 is 0 Å². The van der Waals surface area contributed by atoms with Gasteiger partial charge in [-0.05, 0) is 47.7 Å². The van der Waals surface area contributed by atoms with Crippen molar-refractivity contribution in [3.8, 4) is 23.0 Å². The number of aliphatic hydroxyl groups excluding tert-OH is 1. The Hall–Kier alpha value is -2.44. The molecule has 0 unspecified atom stereocenters. The van der Waals surface area contributed by atoms with Gasteiger partial charge in [0.15, 0.2) is 23.0 Å². The summed E-state index contributed by atoms with van der Waals surface area (Å²) < 4.78 is 27.5. The molecule has 0 amide bonds. The van der Waals surface area contributed by atoms with Crippen LogP contribution in [-0.4, -0.2) is 46.8 Å². The topological polar surface area (TPSA) is 66.4 Å². The molecule has 1 saturated heterocycles. The zero-order valence-corrected chi connectivity index (χ0v) is 16.8. The number of hydrogen-bond acceptors (Lipinski definition) is 6. The highest BCUT2D eigenvalue weighted by atomic mass is 16.5. The Bertz CT molecular complexity index is 791. The molecule has 1 heterocycles. The van der Waals surface area contributed by atoms with Crippen molar-refractivity contribution < 1.29 is 28.8 Å². The maximum absolute atomic E-state index is 10.1. The van der Waals surface area contributed by atoms with Crippen molar-refractivity contribution in [2.45, 2.75) is 12.5 Å². The van der Waals surface area contributed by atoms with Crippen LogP contribution < -0.4 is 18.9 Å². The van der Waals surface area contributed by atoms with Gasteiger partial charge in [0.25, 0.3) is 0 Å². The summed E-state index contributed by atoms with van der Waals surface area (Å²) in [5, 5.41) is 10.1. The van der Waals surface area contributed by atoms with E-state index in [1.165, 1.54) is 0 Å². The first kappa shape index (κ1) is 20.3. The van der Waals surface area contributed by atoms with Crippen LogP contribution in [0.3, 0.4) is 0 Å². The van der Waals surface area contributed by atoms with E-state index < -0.39 is 0 Å². The van der Waals surface area contributed by atoms with E-state index in [-0.39, 0.29) is 24.5 Å². The molecule has 28 heavy (non-hydrogen) atoms. The van der Waals surface area contributed by atoms with Crippen molar-refractivity contribution in [1.29, 1.82) is 0 Å². The van der Waals surface area contributed by atoms with Crippen molar-refractivity contribution in [1.82, 2.24) is 0 Å². The summed E-state index contributed by atoms with van der Waals surface area (Å²) in [4.78, 5) is 0. The highest BCUT2D eigenvalue weighted by molar-refractivity contribution is 5.44. The minimum absolute atomic E-state index is 0.00815. The zero-order chi connectivity index (χ0) is 20.1. The van der Waals surface area contributed by atoms with E-state index in [0.717, 1.165) is 17.5 Å². The Balaban J connectivity index is 1.79. The summed E-state index contributed by atoms with van der Waals surface area (Å²) in [7, 11) is 6.47. The van der Waals surface area contributed by atoms with Gasteiger partial charge in [0.05, 0.1) is 41.2 Å². The van der Waals surface area contributed by atoms with E-state index in [0.29, 0.717) is 29.6 Å². The van der Waals surface area contributed by atoms with Gasteiger partial charge in [-0.25, -0.2) is 0 Å². The summed E-state index contributed by atoms with van der Waals surface area (Å²) in [6.07, 6.45) is 0.602. The number of ether oxygens (including phenoxy) is 5. The first-order chi connectivity index (χ1) is 13.6. The third kappa shape index (κ3) is 4.03. The Morgan fingerprint density at radius 3 is 2.07 bits per heavy atom. The number of aliphatic hydroxyl groups is 1. The van der Waals surface area contributed by atoms with E-state index in [2.05, 4.69) is 0 Å². The lowest BCUT2D eigenvalue weighted by Crippen LogP contribution is -2.21. The molecule has 3 rings (SSSR count). The van der Waals surface area contributed by atoms with E-state index in [4.69, 9.17) is 23.7 Å². The first-order valence-corrected chi connectivity index (χ1v) is 9.30. The summed E-state index contributed by atoms with van der Waals surface area (Å²) in [5.74, 6) is 2.93. The minimum Gasteiger partial charge on any atom is -0.493 e. The van der Waals surface area contributed by atoms with Gasteiger partial charge in [-0.3, -0.25) is 0 Å². The third-order valence-corrected chi connectivity index (χ3v) is 5.38. The largest absolute Gasteiger partial charge is 0.493 e. The molecule has 0 aliphatic carbocycles. The smallest absolute Gasteiger partial charge is 0.161 e. The Morgan fingerprint density at radius 1 is 0.857 bits per heavy atom. The third-order valence-electron chi connectivity index (χ3n) is 5.38. The molecule has 2 aromatic rings. The highest BCUT2D eigenvalue weighted by Crippen LogP contribution is 2.42. The number of benzene rings is 2. The molecule has 0 spiro atoms. The Morgan fingerprint density at radius 2 is 1.46 bits per heavy atom. The number of hydrogen-bond donors (Lipinski definition) is 1. The van der Waals surface area contributed by atoms with E-state index in [9.17, 15) is 5.11 Å². The molecule has 1 fully saturated rings. The van der Waals surface area contributed by atoms with Gasteiger partial charge in [-0.2, -0.15) is 0 Å². The first-order valence-electron chi connectivity index (χ1n) is 9.30. The summed E-state index contributed by atoms with van der Waals surface area (Å²) in [5.41, 5.74) is 2.10. The van der Waals surface area contributed by atoms with Crippen LogP contribution in [0.4, 0.5) is 0 Å². The quantitative estimate of drug-likeness (QED) is 0.749. The molecular formula is C22H28O6. The predicted octanol–water partition coefficient (Wildman–Crippen LogP) is 3.26. The van der Waals surface area contributed by atoms with Gasteiger partial charge in [-0.15, -0.1) is 0 Å². The lowest BCUT2D eigenvalue weighted by molar-refractivity contribution is 0.0717. The van der Waals surface area contributed by atoms with Crippen LogP contribution in [0.2, 0.25) is 0 Å². The Labute approximate surface area is 165 Å². The van der Waals surface area contributed by atoms with Crippen molar-refractivity contribution >= 4 is 0 Å². The number of rotatable bonds is 8. The second-order valence-corrected chi connectivity index (χ2v) is 6.87. The molecule has 0 saturated carbocycles. The fourth-order valence-electron chi connectivity index (χ4n) is 3.86. The zero-order valence-electron chi connectivity index (χ0n) is 16.8. The highest BCUT2D eigenvalue weighted by Gasteiger charge is 2.38. The van der Waals surface area contributed by atoms with Crippen molar-refractivity contribution in [3.63, 3.8) is 0 Å². The van der Waals surface area contributed by atoms with E-state index in [1.54, 1.807) is 28.4 Å². The molecule has 1 N–H and O–H groups in total. The van der Waals surface area contributed by atoms with Gasteiger partial charge in [0.1, 0.15) is 0 Å². The normalized spacial score (nSPS) is 21.4. The molecular weight excluding hydrogens is 360 g/mol. The van der Waals surface area contributed by atoms with Crippen molar-refractivity contribution in [2.75, 3.05) is 41.7 Å². The number of methoxy groups -OCH3 is 4. The van der Waals surface area contributed by atoms with Crippen LogP contribution in [0.5, 0.6) is 23.0 Å². The van der Waals surface area contributed by atoms with Crippen LogP contribution in [0.1, 0.15) is 17.2 Å². The molecule has 1 aliphatic heterocycles. The molecule has 0 radical (unpaired) electrons. The van der Waals surface area contributed by atoms with Gasteiger partial charge < -0.3 is 28.8 Å². The lowest BCUT2D eigenvalue weighted by atomic mass is 9.84. The monoisotopic (exact) mass is 388 g/mol. The van der Waals surface area contributed by atoms with Gasteiger partial charge in [-0.1, -0.05) is 12.1 Å². The van der Waals surface area contributed by atoms with Crippen LogP contribution >= 0.6 is 0 Å². The van der Waals surface area contributed by atoms with Crippen molar-refractivity contribution in [2.24, 2.45) is 11.8 Å². The molecule has 0 aromatic heterocycles. The molecule has 152 valence electrons. The predicted molar refractivity (Wildman–Crippen MR) is 106 cm³/mol. The molecule has 1 aliphatic rings. The maximum atomic E-state index is 10.1. The Kier molecular flexibility index (Phi) is 6.65. The minimum atomic E-state index is -0.185. The average molecular weight is 388 g/mol. The van der Waals surface area contributed by atoms with Gasteiger partial charge in [0.2, 0.25) is 0 Å². The second kappa shape index (κ2) is 9.17. The van der Waals surface area contributed by atoms with Crippen LogP contribution in [0.25, 0.3) is 0 Å². The molecule has 6 heteroatoms. The molecule has 0 bridgehead atoms. The van der Waals surface area contributed by atoms with Gasteiger partial charge in [0, 0.05) is 12.5 Å². The van der Waals surface area contributed by atoms with Crippen LogP contribution in [0.15, 0.2) is 36.4 Å². The summed E-state index contributed by atoms with van der Waals surface area (Å²) in [6.45, 7) is 0.634. The van der Waals surface area contributed by atoms with Crippen LogP contribution in [-0.2, 0) is 11.2 Å². The maximum Gasteiger partial charge on any atom is 0.161 e. The average Bonchev–Trinajstić information content (AvgIpc) is 3.15. The molecule has 2 aromatic carbocycles. The van der Waals surface area contributed by atoms with E-state index in [1.807, 2.05) is 36.4 Å². The van der Waals surface area contributed by atoms with E-state index >= 15 is 0 Å².